The van der Waals surface area contributed by atoms with E-state index in [0.717, 1.165) is 23.1 Å². The molecule has 162 valence electrons. The maximum atomic E-state index is 12.4. The molecule has 1 amide bonds. The number of aliphatic hydroxyl groups is 1. The van der Waals surface area contributed by atoms with Gasteiger partial charge >= 0.3 is 6.09 Å². The van der Waals surface area contributed by atoms with Gasteiger partial charge in [-0.05, 0) is 29.5 Å². The van der Waals surface area contributed by atoms with Crippen molar-refractivity contribution in [1.29, 1.82) is 0 Å². The summed E-state index contributed by atoms with van der Waals surface area (Å²) in [6.45, 7) is 0.365. The highest BCUT2D eigenvalue weighted by Crippen LogP contribution is 2.17. The fourth-order valence-electron chi connectivity index (χ4n) is 3.29. The monoisotopic (exact) mass is 419 g/mol. The van der Waals surface area contributed by atoms with Crippen LogP contribution in [0.15, 0.2) is 91.0 Å². The lowest BCUT2D eigenvalue weighted by Crippen LogP contribution is -2.48. The van der Waals surface area contributed by atoms with Gasteiger partial charge in [-0.15, -0.1) is 0 Å². The van der Waals surface area contributed by atoms with Crippen LogP contribution in [0.5, 0.6) is 0 Å². The van der Waals surface area contributed by atoms with Crippen molar-refractivity contribution in [2.45, 2.75) is 31.7 Å². The predicted octanol–water partition coefficient (Wildman–Crippen LogP) is 3.78. The first-order chi connectivity index (χ1) is 15.1. The van der Waals surface area contributed by atoms with Crippen LogP contribution in [0.25, 0.3) is 0 Å². The maximum absolute atomic E-state index is 12.4. The van der Waals surface area contributed by atoms with E-state index in [1.54, 1.807) is 0 Å². The minimum absolute atomic E-state index is 0.165. The molecule has 3 rings (SSSR count). The Morgan fingerprint density at radius 2 is 1.45 bits per heavy atom. The molecule has 31 heavy (non-hydrogen) atoms. The average Bonchev–Trinajstić information content (AvgIpc) is 2.81. The summed E-state index contributed by atoms with van der Waals surface area (Å²) in [5.41, 5.74) is 2.86. The Labute approximate surface area is 183 Å². The molecule has 1 unspecified atom stereocenters. The third-order valence-corrected chi connectivity index (χ3v) is 4.94. The number of carbonyl (C=O) groups excluding carboxylic acids is 1. The van der Waals surface area contributed by atoms with Gasteiger partial charge in [0.1, 0.15) is 12.8 Å². The number of nitrogens with zero attached hydrogens (tertiary/aromatic N) is 1. The number of benzene rings is 3. The van der Waals surface area contributed by atoms with Gasteiger partial charge in [0.25, 0.3) is 0 Å². The van der Waals surface area contributed by atoms with Crippen molar-refractivity contribution >= 4 is 6.09 Å². The van der Waals surface area contributed by atoms with Gasteiger partial charge < -0.3 is 15.2 Å². The number of nitrogens with two attached hydrogens (primary N) is 1. The highest BCUT2D eigenvalue weighted by Gasteiger charge is 2.23. The van der Waals surface area contributed by atoms with Gasteiger partial charge in [0.15, 0.2) is 0 Å². The van der Waals surface area contributed by atoms with Crippen LogP contribution in [-0.2, 0) is 17.8 Å². The number of carbonyl (C=O) groups is 1. The number of aryl methyl sites for hydroxylation is 1. The standard InChI is InChI=1S/C25H29N3O3/c26-28(18-23(29)17-16-20-10-4-1-5-11-20)24(22-14-8-3-9-15-22)27-25(30)31-19-21-12-6-2-7-13-21/h1-15,23-24,29H,16-19,26H2,(H,27,30)/t23-,24?/m0/s1. The third kappa shape index (κ3) is 7.53. The van der Waals surface area contributed by atoms with Gasteiger partial charge in [0, 0.05) is 6.54 Å². The summed E-state index contributed by atoms with van der Waals surface area (Å²) in [7, 11) is 0. The molecule has 3 aromatic carbocycles. The lowest BCUT2D eigenvalue weighted by atomic mass is 10.1. The molecule has 6 nitrogen and oxygen atoms in total. The summed E-state index contributed by atoms with van der Waals surface area (Å²) in [6.07, 6.45) is -0.530. The number of ether oxygens (including phenoxy) is 1. The molecule has 4 N–H and O–H groups in total. The summed E-state index contributed by atoms with van der Waals surface area (Å²) < 4.78 is 5.35. The van der Waals surface area contributed by atoms with E-state index in [1.165, 1.54) is 5.01 Å². The number of hydrogen-bond acceptors (Lipinski definition) is 5. The van der Waals surface area contributed by atoms with E-state index in [2.05, 4.69) is 5.32 Å². The van der Waals surface area contributed by atoms with Crippen LogP contribution in [0, 0.1) is 0 Å². The van der Waals surface area contributed by atoms with Crippen molar-refractivity contribution in [2.24, 2.45) is 5.84 Å². The SMILES string of the molecule is NN(C[C@@H](O)CCc1ccccc1)C(NC(=O)OCc1ccccc1)c1ccccc1. The molecule has 6 heteroatoms. The number of amides is 1. The highest BCUT2D eigenvalue weighted by molar-refractivity contribution is 5.67. The van der Waals surface area contributed by atoms with E-state index < -0.39 is 18.4 Å². The maximum Gasteiger partial charge on any atom is 0.409 e. The third-order valence-electron chi connectivity index (χ3n) is 4.94. The number of nitrogens with one attached hydrogen (secondary N) is 1. The highest BCUT2D eigenvalue weighted by atomic mass is 16.5. The van der Waals surface area contributed by atoms with Crippen LogP contribution in [0.3, 0.4) is 0 Å². The number of alkyl carbamates (subject to hydrolysis) is 1. The van der Waals surface area contributed by atoms with Gasteiger partial charge in [0.05, 0.1) is 6.10 Å². The van der Waals surface area contributed by atoms with Gasteiger partial charge in [-0.3, -0.25) is 5.84 Å². The molecule has 0 radical (unpaired) electrons. The molecule has 3 aromatic rings. The number of aliphatic hydroxyl groups excluding tert-OH is 1. The molecule has 0 heterocycles. The topological polar surface area (TPSA) is 87.8 Å². The lowest BCUT2D eigenvalue weighted by Gasteiger charge is -2.30. The summed E-state index contributed by atoms with van der Waals surface area (Å²) >= 11 is 0. The van der Waals surface area contributed by atoms with E-state index >= 15 is 0 Å². The summed E-state index contributed by atoms with van der Waals surface area (Å²) in [4.78, 5) is 12.4. The zero-order chi connectivity index (χ0) is 21.9. The van der Waals surface area contributed by atoms with E-state index in [-0.39, 0.29) is 13.2 Å². The molecule has 2 atom stereocenters. The Morgan fingerprint density at radius 3 is 2.06 bits per heavy atom. The molecule has 0 fully saturated rings. The molecule has 0 saturated heterocycles. The van der Waals surface area contributed by atoms with Gasteiger partial charge in [0.2, 0.25) is 0 Å². The first kappa shape index (κ1) is 22.5. The second kappa shape index (κ2) is 11.9. The molecule has 0 saturated carbocycles. The predicted molar refractivity (Wildman–Crippen MR) is 121 cm³/mol. The Morgan fingerprint density at radius 1 is 0.903 bits per heavy atom. The molecule has 0 bridgehead atoms. The molecule has 0 aliphatic heterocycles. The summed E-state index contributed by atoms with van der Waals surface area (Å²) in [5.74, 6) is 6.28. The van der Waals surface area contributed by atoms with E-state index in [0.29, 0.717) is 6.42 Å². The van der Waals surface area contributed by atoms with Crippen molar-refractivity contribution in [3.63, 3.8) is 0 Å². The van der Waals surface area contributed by atoms with E-state index in [9.17, 15) is 9.90 Å². The minimum Gasteiger partial charge on any atom is -0.445 e. The van der Waals surface area contributed by atoms with Crippen molar-refractivity contribution in [3.05, 3.63) is 108 Å². The molecule has 0 spiro atoms. The molecule has 0 aromatic heterocycles. The molecular weight excluding hydrogens is 390 g/mol. The van der Waals surface area contributed by atoms with Crippen molar-refractivity contribution in [2.75, 3.05) is 6.54 Å². The first-order valence-electron chi connectivity index (χ1n) is 10.4. The largest absolute Gasteiger partial charge is 0.445 e. The fourth-order valence-corrected chi connectivity index (χ4v) is 3.29. The second-order valence-electron chi connectivity index (χ2n) is 7.39. The molecular formula is C25H29N3O3. The van der Waals surface area contributed by atoms with Gasteiger partial charge in [-0.25, -0.2) is 9.80 Å². The van der Waals surface area contributed by atoms with Crippen LogP contribution in [0.4, 0.5) is 4.79 Å². The van der Waals surface area contributed by atoms with Crippen molar-refractivity contribution in [1.82, 2.24) is 10.3 Å². The quantitative estimate of drug-likeness (QED) is 0.264. The zero-order valence-corrected chi connectivity index (χ0v) is 17.4. The Hall–Kier alpha value is -3.19. The molecule has 0 aliphatic rings. The number of hydrogen-bond donors (Lipinski definition) is 3. The Bertz CT molecular complexity index is 907. The number of hydrazine groups is 1. The lowest BCUT2D eigenvalue weighted by molar-refractivity contribution is 0.0626. The normalized spacial score (nSPS) is 12.9. The Balaban J connectivity index is 1.57. The Kier molecular flexibility index (Phi) is 8.60. The number of rotatable bonds is 10. The zero-order valence-electron chi connectivity index (χ0n) is 17.4. The first-order valence-corrected chi connectivity index (χ1v) is 10.4. The minimum atomic E-state index is -0.640. The van der Waals surface area contributed by atoms with E-state index in [1.807, 2.05) is 91.0 Å². The van der Waals surface area contributed by atoms with Crippen LogP contribution >= 0.6 is 0 Å². The van der Waals surface area contributed by atoms with Crippen molar-refractivity contribution in [3.8, 4) is 0 Å². The van der Waals surface area contributed by atoms with Gasteiger partial charge in [-0.2, -0.15) is 0 Å². The van der Waals surface area contributed by atoms with Crippen LogP contribution in [-0.4, -0.2) is 28.9 Å². The summed E-state index contributed by atoms with van der Waals surface area (Å²) in [6, 6.07) is 28.8. The summed E-state index contributed by atoms with van der Waals surface area (Å²) in [5, 5.41) is 14.7. The molecule has 0 aliphatic carbocycles. The van der Waals surface area contributed by atoms with Gasteiger partial charge in [-0.1, -0.05) is 91.0 Å². The van der Waals surface area contributed by atoms with Crippen molar-refractivity contribution < 1.29 is 14.6 Å². The van der Waals surface area contributed by atoms with Crippen LogP contribution < -0.4 is 11.2 Å². The van der Waals surface area contributed by atoms with Crippen LogP contribution in [0.1, 0.15) is 29.3 Å². The van der Waals surface area contributed by atoms with E-state index in [4.69, 9.17) is 10.6 Å². The van der Waals surface area contributed by atoms with Crippen LogP contribution in [0.2, 0.25) is 0 Å². The smallest absolute Gasteiger partial charge is 0.409 e. The second-order valence-corrected chi connectivity index (χ2v) is 7.39. The average molecular weight is 420 g/mol. The fraction of sp³-hybridized carbons (Fsp3) is 0.240.